The van der Waals surface area contributed by atoms with Crippen LogP contribution in [0.25, 0.3) is 0 Å². The molecule has 0 unspecified atom stereocenters. The summed E-state index contributed by atoms with van der Waals surface area (Å²) in [6.45, 7) is 2.68. The number of aromatic amines is 1. The lowest BCUT2D eigenvalue weighted by Gasteiger charge is -2.01. The Morgan fingerprint density at radius 2 is 2.00 bits per heavy atom. The van der Waals surface area contributed by atoms with Crippen molar-refractivity contribution in [1.29, 1.82) is 0 Å². The van der Waals surface area contributed by atoms with Crippen LogP contribution in [0.5, 0.6) is 0 Å². The Labute approximate surface area is 123 Å². The van der Waals surface area contributed by atoms with E-state index in [0.29, 0.717) is 6.54 Å². The van der Waals surface area contributed by atoms with Gasteiger partial charge in [0.05, 0.1) is 6.20 Å². The quantitative estimate of drug-likeness (QED) is 0.467. The monoisotopic (exact) mass is 294 g/mol. The number of imidazole rings is 1. The Kier molecular flexibility index (Phi) is 7.14. The van der Waals surface area contributed by atoms with E-state index in [4.69, 9.17) is 0 Å². The third kappa shape index (κ3) is 5.76. The lowest BCUT2D eigenvalue weighted by molar-refractivity contribution is -0.120. The summed E-state index contributed by atoms with van der Waals surface area (Å²) in [7, 11) is 1.52. The van der Waals surface area contributed by atoms with E-state index in [-0.39, 0.29) is 42.0 Å². The number of hydrogen-bond donors (Lipinski definition) is 3. The topological polar surface area (TPSA) is 104 Å². The van der Waals surface area contributed by atoms with Gasteiger partial charge in [0.15, 0.2) is 11.6 Å². The molecule has 0 saturated heterocycles. The number of Topliss-reactive ketones (excluding diaryl/α,β-unsaturated/α-hetero) is 1. The third-order valence-electron chi connectivity index (χ3n) is 3.02. The van der Waals surface area contributed by atoms with Crippen molar-refractivity contribution in [3.8, 4) is 0 Å². The molecule has 3 N–H and O–H groups in total. The van der Waals surface area contributed by atoms with Crippen molar-refractivity contribution < 1.29 is 14.4 Å². The van der Waals surface area contributed by atoms with Gasteiger partial charge in [0.2, 0.25) is 5.91 Å². The molecule has 0 bridgehead atoms. The summed E-state index contributed by atoms with van der Waals surface area (Å²) in [5.74, 6) is -0.640. The van der Waals surface area contributed by atoms with E-state index in [9.17, 15) is 14.4 Å². The van der Waals surface area contributed by atoms with E-state index in [1.165, 1.54) is 13.2 Å². The second-order valence-corrected chi connectivity index (χ2v) is 4.70. The zero-order valence-corrected chi connectivity index (χ0v) is 12.5. The largest absolute Gasteiger partial charge is 0.359 e. The minimum absolute atomic E-state index is 0.0828. The highest BCUT2D eigenvalue weighted by atomic mass is 16.2. The van der Waals surface area contributed by atoms with Gasteiger partial charge in [-0.2, -0.15) is 0 Å². The zero-order chi connectivity index (χ0) is 15.7. The maximum atomic E-state index is 11.8. The van der Waals surface area contributed by atoms with Crippen LogP contribution in [0.4, 0.5) is 0 Å². The SMILES string of the molecule is CCCCCNC(=O)c1ncc(C(=O)CCC(=O)NC)[nH]1. The fourth-order valence-electron chi connectivity index (χ4n) is 1.73. The number of aromatic nitrogens is 2. The number of ketones is 1. The van der Waals surface area contributed by atoms with E-state index >= 15 is 0 Å². The predicted octanol–water partition coefficient (Wildman–Crippen LogP) is 1.04. The molecule has 1 aromatic rings. The van der Waals surface area contributed by atoms with Crippen molar-refractivity contribution >= 4 is 17.6 Å². The van der Waals surface area contributed by atoms with Gasteiger partial charge in [0, 0.05) is 26.4 Å². The van der Waals surface area contributed by atoms with E-state index in [2.05, 4.69) is 27.5 Å². The fourth-order valence-corrected chi connectivity index (χ4v) is 1.73. The normalized spacial score (nSPS) is 10.2. The number of carbonyl (C=O) groups excluding carboxylic acids is 3. The Morgan fingerprint density at radius 1 is 1.24 bits per heavy atom. The van der Waals surface area contributed by atoms with Gasteiger partial charge in [0.25, 0.3) is 5.91 Å². The summed E-state index contributed by atoms with van der Waals surface area (Å²) in [5.41, 5.74) is 0.248. The van der Waals surface area contributed by atoms with Crippen molar-refractivity contribution in [1.82, 2.24) is 20.6 Å². The van der Waals surface area contributed by atoms with Gasteiger partial charge in [-0.05, 0) is 6.42 Å². The zero-order valence-electron chi connectivity index (χ0n) is 12.5. The molecule has 0 aliphatic rings. The average molecular weight is 294 g/mol. The standard InChI is InChI=1S/C14H22N4O3/c1-3-4-5-8-16-14(21)13-17-9-10(18-13)11(19)6-7-12(20)15-2/h9H,3-8H2,1-2H3,(H,15,20)(H,16,21)(H,17,18). The van der Waals surface area contributed by atoms with Gasteiger partial charge in [-0.1, -0.05) is 19.8 Å². The van der Waals surface area contributed by atoms with Crippen molar-refractivity contribution in [3.05, 3.63) is 17.7 Å². The molecular formula is C14H22N4O3. The number of nitrogens with one attached hydrogen (secondary N) is 3. The van der Waals surface area contributed by atoms with Crippen molar-refractivity contribution in [2.75, 3.05) is 13.6 Å². The summed E-state index contributed by atoms with van der Waals surface area (Å²) in [6, 6.07) is 0. The molecule has 0 aliphatic heterocycles. The highest BCUT2D eigenvalue weighted by molar-refractivity contribution is 5.98. The molecule has 7 heteroatoms. The van der Waals surface area contributed by atoms with Crippen molar-refractivity contribution in [2.24, 2.45) is 0 Å². The molecule has 1 heterocycles. The number of nitrogens with zero attached hydrogens (tertiary/aromatic N) is 1. The number of amides is 2. The van der Waals surface area contributed by atoms with Crippen LogP contribution in [0.15, 0.2) is 6.20 Å². The van der Waals surface area contributed by atoms with Crippen molar-refractivity contribution in [3.63, 3.8) is 0 Å². The van der Waals surface area contributed by atoms with Crippen LogP contribution in [0.1, 0.15) is 60.1 Å². The molecule has 1 aromatic heterocycles. The molecule has 116 valence electrons. The van der Waals surface area contributed by atoms with E-state index in [1.54, 1.807) is 0 Å². The maximum Gasteiger partial charge on any atom is 0.287 e. The molecule has 0 atom stereocenters. The average Bonchev–Trinajstić information content (AvgIpc) is 2.98. The lowest BCUT2D eigenvalue weighted by Crippen LogP contribution is -2.25. The molecule has 0 saturated carbocycles. The van der Waals surface area contributed by atoms with Crippen LogP contribution in [0.3, 0.4) is 0 Å². The first kappa shape index (κ1) is 16.9. The number of hydrogen-bond acceptors (Lipinski definition) is 4. The molecular weight excluding hydrogens is 272 g/mol. The first-order chi connectivity index (χ1) is 10.1. The smallest absolute Gasteiger partial charge is 0.287 e. The molecule has 2 amide bonds. The number of carbonyl (C=O) groups is 3. The molecule has 0 aromatic carbocycles. The summed E-state index contributed by atoms with van der Waals surface area (Å²) in [6.07, 6.45) is 4.59. The lowest BCUT2D eigenvalue weighted by atomic mass is 10.2. The molecule has 0 spiro atoms. The summed E-state index contributed by atoms with van der Waals surface area (Å²) in [4.78, 5) is 41.3. The van der Waals surface area contributed by atoms with Crippen LogP contribution >= 0.6 is 0 Å². The van der Waals surface area contributed by atoms with Gasteiger partial charge in [-0.3, -0.25) is 14.4 Å². The minimum atomic E-state index is -0.323. The van der Waals surface area contributed by atoms with Gasteiger partial charge < -0.3 is 15.6 Å². The molecule has 7 nitrogen and oxygen atoms in total. The summed E-state index contributed by atoms with van der Waals surface area (Å²) in [5, 5.41) is 5.18. The second-order valence-electron chi connectivity index (χ2n) is 4.70. The van der Waals surface area contributed by atoms with Gasteiger partial charge in [-0.25, -0.2) is 4.98 Å². The Bertz CT molecular complexity index is 496. The van der Waals surface area contributed by atoms with Gasteiger partial charge in [0.1, 0.15) is 5.69 Å². The van der Waals surface area contributed by atoms with Crippen LogP contribution in [-0.2, 0) is 4.79 Å². The first-order valence-corrected chi connectivity index (χ1v) is 7.15. The molecule has 0 radical (unpaired) electrons. The van der Waals surface area contributed by atoms with E-state index in [0.717, 1.165) is 19.3 Å². The summed E-state index contributed by atoms with van der Waals surface area (Å²) >= 11 is 0. The Balaban J connectivity index is 2.46. The van der Waals surface area contributed by atoms with Gasteiger partial charge in [-0.15, -0.1) is 0 Å². The predicted molar refractivity (Wildman–Crippen MR) is 78.1 cm³/mol. The molecule has 0 aliphatic carbocycles. The second kappa shape index (κ2) is 8.89. The minimum Gasteiger partial charge on any atom is -0.359 e. The van der Waals surface area contributed by atoms with E-state index in [1.807, 2.05) is 0 Å². The van der Waals surface area contributed by atoms with Crippen molar-refractivity contribution in [2.45, 2.75) is 39.0 Å². The van der Waals surface area contributed by atoms with Crippen LogP contribution in [-0.4, -0.2) is 41.2 Å². The maximum absolute atomic E-state index is 11.8. The Hall–Kier alpha value is -2.18. The highest BCUT2D eigenvalue weighted by Crippen LogP contribution is 2.04. The summed E-state index contributed by atoms with van der Waals surface area (Å²) < 4.78 is 0. The van der Waals surface area contributed by atoms with Gasteiger partial charge >= 0.3 is 0 Å². The third-order valence-corrected chi connectivity index (χ3v) is 3.02. The van der Waals surface area contributed by atoms with Crippen LogP contribution < -0.4 is 10.6 Å². The highest BCUT2D eigenvalue weighted by Gasteiger charge is 2.14. The molecule has 21 heavy (non-hydrogen) atoms. The van der Waals surface area contributed by atoms with Crippen LogP contribution in [0, 0.1) is 0 Å². The fraction of sp³-hybridized carbons (Fsp3) is 0.571. The number of H-pyrrole nitrogens is 1. The molecule has 1 rings (SSSR count). The number of unbranched alkanes of at least 4 members (excludes halogenated alkanes) is 2. The molecule has 0 fully saturated rings. The van der Waals surface area contributed by atoms with Crippen LogP contribution in [0.2, 0.25) is 0 Å². The first-order valence-electron chi connectivity index (χ1n) is 7.15. The van der Waals surface area contributed by atoms with E-state index < -0.39 is 0 Å². The Morgan fingerprint density at radius 3 is 2.67 bits per heavy atom. The number of rotatable bonds is 9.